The minimum Gasteiger partial charge on any atom is -0.352 e. The van der Waals surface area contributed by atoms with Crippen LogP contribution >= 0.6 is 0 Å². The molecule has 0 bridgehead atoms. The Morgan fingerprint density at radius 3 is 2.23 bits per heavy atom. The fraction of sp³-hybridized carbons (Fsp3) is 0.273. The normalized spacial score (nSPS) is 15.4. The lowest BCUT2D eigenvalue weighted by Crippen LogP contribution is -2.49. The second-order valence-electron chi connectivity index (χ2n) is 7.40. The van der Waals surface area contributed by atoms with Gasteiger partial charge in [0.15, 0.2) is 5.82 Å². The van der Waals surface area contributed by atoms with Crippen LogP contribution in [0, 0.1) is 19.7 Å². The summed E-state index contributed by atoms with van der Waals surface area (Å²) in [5, 5.41) is 8.69. The molecule has 8 heteroatoms. The van der Waals surface area contributed by atoms with E-state index >= 15 is 0 Å². The van der Waals surface area contributed by atoms with Gasteiger partial charge in [0.2, 0.25) is 10.0 Å². The molecule has 3 aromatic rings. The zero-order valence-corrected chi connectivity index (χ0v) is 17.7. The monoisotopic (exact) mass is 426 g/mol. The minimum atomic E-state index is -3.85. The number of piperazine rings is 1. The zero-order chi connectivity index (χ0) is 21.3. The third-order valence-electron chi connectivity index (χ3n) is 5.47. The van der Waals surface area contributed by atoms with Crippen molar-refractivity contribution in [2.45, 2.75) is 18.7 Å². The fourth-order valence-electron chi connectivity index (χ4n) is 3.50. The van der Waals surface area contributed by atoms with Gasteiger partial charge >= 0.3 is 0 Å². The van der Waals surface area contributed by atoms with Crippen LogP contribution in [0.1, 0.15) is 11.1 Å². The molecule has 1 saturated heterocycles. The molecule has 156 valence electrons. The summed E-state index contributed by atoms with van der Waals surface area (Å²) < 4.78 is 40.8. The summed E-state index contributed by atoms with van der Waals surface area (Å²) in [6, 6.07) is 15.5. The summed E-state index contributed by atoms with van der Waals surface area (Å²) >= 11 is 0. The number of hydrogen-bond donors (Lipinski definition) is 0. The Morgan fingerprint density at radius 1 is 0.867 bits per heavy atom. The molecule has 0 amide bonds. The van der Waals surface area contributed by atoms with Gasteiger partial charge in [-0.1, -0.05) is 24.3 Å². The first-order chi connectivity index (χ1) is 14.4. The highest BCUT2D eigenvalue weighted by Crippen LogP contribution is 2.24. The first kappa shape index (κ1) is 20.4. The Balaban J connectivity index is 1.45. The first-order valence-corrected chi connectivity index (χ1v) is 11.2. The molecule has 0 aliphatic carbocycles. The molecule has 30 heavy (non-hydrogen) atoms. The molecule has 0 unspecified atom stereocenters. The topological polar surface area (TPSA) is 66.4 Å². The molecule has 2 heterocycles. The summed E-state index contributed by atoms with van der Waals surface area (Å²) in [6.07, 6.45) is 0. The molecule has 0 radical (unpaired) electrons. The van der Waals surface area contributed by atoms with Gasteiger partial charge in [-0.15, -0.1) is 10.2 Å². The predicted octanol–water partition coefficient (Wildman–Crippen LogP) is 3.41. The first-order valence-electron chi connectivity index (χ1n) is 9.77. The lowest BCUT2D eigenvalue weighted by Gasteiger charge is -2.34. The maximum Gasteiger partial charge on any atom is 0.246 e. The number of aryl methyl sites for hydroxylation is 2. The van der Waals surface area contributed by atoms with E-state index in [-0.39, 0.29) is 18.0 Å². The van der Waals surface area contributed by atoms with Gasteiger partial charge in [0.25, 0.3) is 0 Å². The van der Waals surface area contributed by atoms with Gasteiger partial charge < -0.3 is 4.90 Å². The number of halogens is 1. The van der Waals surface area contributed by atoms with Gasteiger partial charge in [0.1, 0.15) is 10.7 Å². The van der Waals surface area contributed by atoms with Crippen LogP contribution in [0.25, 0.3) is 11.3 Å². The number of sulfonamides is 1. The van der Waals surface area contributed by atoms with Crippen molar-refractivity contribution in [2.75, 3.05) is 31.1 Å². The standard InChI is InChI=1S/C22H23FN4O2S/c1-16-7-8-18(15-17(16)2)20-9-10-22(25-24-20)26-11-13-27(14-12-26)30(28,29)21-6-4-3-5-19(21)23/h3-10,15H,11-14H2,1-2H3. The highest BCUT2D eigenvalue weighted by atomic mass is 32.2. The Bertz CT molecular complexity index is 1160. The minimum absolute atomic E-state index is 0.261. The van der Waals surface area contributed by atoms with Crippen LogP contribution in [-0.2, 0) is 10.0 Å². The summed E-state index contributed by atoms with van der Waals surface area (Å²) in [5.41, 5.74) is 4.23. The summed E-state index contributed by atoms with van der Waals surface area (Å²) in [4.78, 5) is 1.71. The van der Waals surface area contributed by atoms with Crippen LogP contribution < -0.4 is 4.90 Å². The Hall–Kier alpha value is -2.84. The quantitative estimate of drug-likeness (QED) is 0.640. The lowest BCUT2D eigenvalue weighted by molar-refractivity contribution is 0.381. The number of nitrogens with zero attached hydrogens (tertiary/aromatic N) is 4. The third kappa shape index (κ3) is 3.93. The van der Waals surface area contributed by atoms with E-state index in [0.717, 1.165) is 17.3 Å². The van der Waals surface area contributed by atoms with Crippen molar-refractivity contribution < 1.29 is 12.8 Å². The average molecular weight is 427 g/mol. The van der Waals surface area contributed by atoms with Crippen molar-refractivity contribution in [3.05, 3.63) is 71.5 Å². The molecule has 1 aromatic heterocycles. The maximum absolute atomic E-state index is 14.0. The Morgan fingerprint density at radius 2 is 1.60 bits per heavy atom. The number of hydrogen-bond acceptors (Lipinski definition) is 5. The molecule has 1 fully saturated rings. The van der Waals surface area contributed by atoms with Crippen LogP contribution in [-0.4, -0.2) is 49.1 Å². The van der Waals surface area contributed by atoms with E-state index in [4.69, 9.17) is 0 Å². The van der Waals surface area contributed by atoms with E-state index in [1.165, 1.54) is 33.6 Å². The second-order valence-corrected chi connectivity index (χ2v) is 9.30. The van der Waals surface area contributed by atoms with Crippen LogP contribution in [0.5, 0.6) is 0 Å². The Kier molecular flexibility index (Phi) is 5.53. The smallest absolute Gasteiger partial charge is 0.246 e. The Labute approximate surface area is 176 Å². The summed E-state index contributed by atoms with van der Waals surface area (Å²) in [5.74, 6) is -0.0294. The van der Waals surface area contributed by atoms with Crippen molar-refractivity contribution in [3.8, 4) is 11.3 Å². The van der Waals surface area contributed by atoms with E-state index in [9.17, 15) is 12.8 Å². The van der Waals surface area contributed by atoms with Crippen LogP contribution in [0.3, 0.4) is 0 Å². The van der Waals surface area contributed by atoms with Gasteiger partial charge in [-0.2, -0.15) is 4.31 Å². The van der Waals surface area contributed by atoms with Crippen molar-refractivity contribution in [3.63, 3.8) is 0 Å². The zero-order valence-electron chi connectivity index (χ0n) is 16.9. The molecule has 0 N–H and O–H groups in total. The van der Waals surface area contributed by atoms with E-state index < -0.39 is 15.8 Å². The average Bonchev–Trinajstić information content (AvgIpc) is 2.76. The largest absolute Gasteiger partial charge is 0.352 e. The molecule has 6 nitrogen and oxygen atoms in total. The molecular formula is C22H23FN4O2S. The lowest BCUT2D eigenvalue weighted by atomic mass is 10.0. The van der Waals surface area contributed by atoms with Crippen LogP contribution in [0.4, 0.5) is 10.2 Å². The van der Waals surface area contributed by atoms with E-state index in [0.29, 0.717) is 18.9 Å². The molecule has 0 saturated carbocycles. The predicted molar refractivity (Wildman–Crippen MR) is 114 cm³/mol. The molecule has 0 spiro atoms. The number of benzene rings is 2. The molecular weight excluding hydrogens is 403 g/mol. The molecule has 0 atom stereocenters. The summed E-state index contributed by atoms with van der Waals surface area (Å²) in [7, 11) is -3.85. The number of rotatable bonds is 4. The summed E-state index contributed by atoms with van der Waals surface area (Å²) in [6.45, 7) is 5.58. The highest BCUT2D eigenvalue weighted by Gasteiger charge is 2.30. The van der Waals surface area contributed by atoms with E-state index in [1.54, 1.807) is 0 Å². The van der Waals surface area contributed by atoms with Gasteiger partial charge in [0.05, 0.1) is 5.69 Å². The maximum atomic E-state index is 14.0. The molecule has 1 aliphatic rings. The number of anilines is 1. The van der Waals surface area contributed by atoms with Crippen LogP contribution in [0.15, 0.2) is 59.5 Å². The van der Waals surface area contributed by atoms with Crippen molar-refractivity contribution in [1.29, 1.82) is 0 Å². The molecule has 4 rings (SSSR count). The van der Waals surface area contributed by atoms with Gasteiger partial charge in [0, 0.05) is 31.7 Å². The van der Waals surface area contributed by atoms with Crippen molar-refractivity contribution in [2.24, 2.45) is 0 Å². The fourth-order valence-corrected chi connectivity index (χ4v) is 4.99. The van der Waals surface area contributed by atoms with Crippen LogP contribution in [0.2, 0.25) is 0 Å². The van der Waals surface area contributed by atoms with Gasteiger partial charge in [-0.05, 0) is 55.3 Å². The second kappa shape index (κ2) is 8.12. The highest BCUT2D eigenvalue weighted by molar-refractivity contribution is 7.89. The number of aromatic nitrogens is 2. The molecule has 1 aliphatic heterocycles. The van der Waals surface area contributed by atoms with Gasteiger partial charge in [-0.3, -0.25) is 0 Å². The molecule has 2 aromatic carbocycles. The van der Waals surface area contributed by atoms with E-state index in [1.807, 2.05) is 23.1 Å². The third-order valence-corrected chi connectivity index (χ3v) is 7.40. The SMILES string of the molecule is Cc1ccc(-c2ccc(N3CCN(S(=O)(=O)c4ccccc4F)CC3)nn2)cc1C. The van der Waals surface area contributed by atoms with Crippen molar-refractivity contribution >= 4 is 15.8 Å². The van der Waals surface area contributed by atoms with E-state index in [2.05, 4.69) is 36.2 Å². The van der Waals surface area contributed by atoms with Gasteiger partial charge in [-0.25, -0.2) is 12.8 Å². The van der Waals surface area contributed by atoms with Crippen molar-refractivity contribution in [1.82, 2.24) is 14.5 Å².